The van der Waals surface area contributed by atoms with Crippen molar-refractivity contribution in [3.63, 3.8) is 0 Å². The summed E-state index contributed by atoms with van der Waals surface area (Å²) in [6, 6.07) is 0. The maximum Gasteiger partial charge on any atom is 0.313 e. The number of ketones is 1. The van der Waals surface area contributed by atoms with Gasteiger partial charge in [0.2, 0.25) is 0 Å². The van der Waals surface area contributed by atoms with E-state index in [9.17, 15) is 9.59 Å². The fourth-order valence-corrected chi connectivity index (χ4v) is 0.588. The first-order valence-electron chi connectivity index (χ1n) is 4.12. The van der Waals surface area contributed by atoms with Gasteiger partial charge in [0.1, 0.15) is 18.3 Å². The molecule has 0 fully saturated rings. The minimum atomic E-state index is -0.427. The summed E-state index contributed by atoms with van der Waals surface area (Å²) in [5.41, 5.74) is 0. The van der Waals surface area contributed by atoms with E-state index in [2.05, 4.69) is 0 Å². The molecule has 0 N–H and O–H groups in total. The lowest BCUT2D eigenvalue weighted by Crippen LogP contribution is -2.21. The van der Waals surface area contributed by atoms with Crippen LogP contribution in [0.3, 0.4) is 0 Å². The minimum Gasteiger partial charge on any atom is -0.462 e. The number of hydrogen-bond acceptors (Lipinski definition) is 3. The van der Waals surface area contributed by atoms with E-state index in [4.69, 9.17) is 4.74 Å². The average molecular weight is 172 g/mol. The van der Waals surface area contributed by atoms with Crippen molar-refractivity contribution < 1.29 is 14.3 Å². The first kappa shape index (κ1) is 11.1. The summed E-state index contributed by atoms with van der Waals surface area (Å²) < 4.78 is 4.96. The Balaban J connectivity index is 3.77. The lowest BCUT2D eigenvalue weighted by molar-refractivity contribution is -0.151. The van der Waals surface area contributed by atoms with Gasteiger partial charge in [-0.05, 0) is 19.8 Å². The molecule has 0 saturated heterocycles. The summed E-state index contributed by atoms with van der Waals surface area (Å²) in [7, 11) is 0. The molecule has 0 saturated carbocycles. The molecule has 1 unspecified atom stereocenters. The van der Waals surface area contributed by atoms with Gasteiger partial charge in [0.25, 0.3) is 0 Å². The van der Waals surface area contributed by atoms with E-state index < -0.39 is 5.97 Å². The largest absolute Gasteiger partial charge is 0.462 e. The van der Waals surface area contributed by atoms with Gasteiger partial charge >= 0.3 is 5.97 Å². The van der Waals surface area contributed by atoms with Crippen LogP contribution >= 0.6 is 0 Å². The van der Waals surface area contributed by atoms with Crippen molar-refractivity contribution in [2.75, 3.05) is 0 Å². The molecular weight excluding hydrogens is 156 g/mol. The molecule has 0 aromatic carbocycles. The van der Waals surface area contributed by atoms with E-state index in [1.54, 1.807) is 0 Å². The van der Waals surface area contributed by atoms with Crippen molar-refractivity contribution in [3.8, 4) is 0 Å². The zero-order valence-corrected chi connectivity index (χ0v) is 8.09. The fourth-order valence-electron chi connectivity index (χ4n) is 0.588. The van der Waals surface area contributed by atoms with Crippen LogP contribution in [-0.2, 0) is 14.3 Å². The van der Waals surface area contributed by atoms with E-state index in [0.29, 0.717) is 5.92 Å². The standard InChI is InChI=1S/C9H16O3/c1-6(2)8(4)12-9(11)5-7(3)10/h6,8H,5H2,1-4H3. The van der Waals surface area contributed by atoms with E-state index in [1.807, 2.05) is 20.8 Å². The molecule has 3 heteroatoms. The summed E-state index contributed by atoms with van der Waals surface area (Å²) in [5, 5.41) is 0. The third-order valence-corrected chi connectivity index (χ3v) is 1.65. The molecule has 0 aliphatic carbocycles. The van der Waals surface area contributed by atoms with Gasteiger partial charge in [0.05, 0.1) is 0 Å². The van der Waals surface area contributed by atoms with Crippen LogP contribution < -0.4 is 0 Å². The molecule has 0 aromatic heterocycles. The fraction of sp³-hybridized carbons (Fsp3) is 0.778. The minimum absolute atomic E-state index is 0.114. The molecule has 0 radical (unpaired) electrons. The Morgan fingerprint density at radius 2 is 1.75 bits per heavy atom. The monoisotopic (exact) mass is 172 g/mol. The Morgan fingerprint density at radius 1 is 1.25 bits per heavy atom. The number of Topliss-reactive ketones (excluding diaryl/α,β-unsaturated/α-hetero) is 1. The Kier molecular flexibility index (Phi) is 4.55. The Bertz CT molecular complexity index is 173. The zero-order chi connectivity index (χ0) is 9.72. The van der Waals surface area contributed by atoms with Gasteiger partial charge in [-0.2, -0.15) is 0 Å². The molecule has 0 amide bonds. The van der Waals surface area contributed by atoms with E-state index >= 15 is 0 Å². The molecule has 1 atom stereocenters. The van der Waals surface area contributed by atoms with E-state index in [1.165, 1.54) is 6.92 Å². The molecule has 0 aliphatic heterocycles. The highest BCUT2D eigenvalue weighted by Crippen LogP contribution is 2.06. The molecule has 70 valence electrons. The molecule has 0 rings (SSSR count). The van der Waals surface area contributed by atoms with Gasteiger partial charge in [0.15, 0.2) is 0 Å². The highest BCUT2D eigenvalue weighted by Gasteiger charge is 2.13. The molecule has 12 heavy (non-hydrogen) atoms. The topological polar surface area (TPSA) is 43.4 Å². The van der Waals surface area contributed by atoms with Gasteiger partial charge in [-0.1, -0.05) is 13.8 Å². The predicted molar refractivity (Wildman–Crippen MR) is 45.7 cm³/mol. The Hall–Kier alpha value is -0.860. The normalized spacial score (nSPS) is 12.8. The molecular formula is C9H16O3. The quantitative estimate of drug-likeness (QED) is 0.477. The van der Waals surface area contributed by atoms with Gasteiger partial charge in [-0.3, -0.25) is 9.59 Å². The Morgan fingerprint density at radius 3 is 2.08 bits per heavy atom. The highest BCUT2D eigenvalue weighted by molar-refractivity contribution is 5.94. The summed E-state index contributed by atoms with van der Waals surface area (Å²) >= 11 is 0. The number of carbonyl (C=O) groups excluding carboxylic acids is 2. The second-order valence-electron chi connectivity index (χ2n) is 3.32. The van der Waals surface area contributed by atoms with Crippen molar-refractivity contribution in [3.05, 3.63) is 0 Å². The molecule has 3 nitrogen and oxygen atoms in total. The predicted octanol–water partition coefficient (Wildman–Crippen LogP) is 1.55. The average Bonchev–Trinajstić information content (AvgIpc) is 1.84. The lowest BCUT2D eigenvalue weighted by Gasteiger charge is -2.15. The molecule has 0 bridgehead atoms. The number of rotatable bonds is 4. The van der Waals surface area contributed by atoms with Crippen LogP contribution in [0, 0.1) is 5.92 Å². The molecule has 0 aromatic rings. The Labute approximate surface area is 73.1 Å². The van der Waals surface area contributed by atoms with Crippen LogP contribution in [-0.4, -0.2) is 17.9 Å². The van der Waals surface area contributed by atoms with E-state index in [-0.39, 0.29) is 18.3 Å². The smallest absolute Gasteiger partial charge is 0.313 e. The zero-order valence-electron chi connectivity index (χ0n) is 8.09. The highest BCUT2D eigenvalue weighted by atomic mass is 16.5. The van der Waals surface area contributed by atoms with Crippen molar-refractivity contribution in [1.29, 1.82) is 0 Å². The summed E-state index contributed by atoms with van der Waals surface area (Å²) in [6.07, 6.45) is -0.228. The number of esters is 1. The summed E-state index contributed by atoms with van der Waals surface area (Å²) in [4.78, 5) is 21.4. The second kappa shape index (κ2) is 4.91. The van der Waals surface area contributed by atoms with Crippen molar-refractivity contribution in [2.24, 2.45) is 5.92 Å². The van der Waals surface area contributed by atoms with Gasteiger partial charge in [-0.15, -0.1) is 0 Å². The third kappa shape index (κ3) is 4.88. The van der Waals surface area contributed by atoms with Crippen LogP contribution in [0.2, 0.25) is 0 Å². The maximum absolute atomic E-state index is 10.9. The van der Waals surface area contributed by atoms with Crippen LogP contribution in [0.15, 0.2) is 0 Å². The van der Waals surface area contributed by atoms with E-state index in [0.717, 1.165) is 0 Å². The van der Waals surface area contributed by atoms with Crippen LogP contribution in [0.25, 0.3) is 0 Å². The van der Waals surface area contributed by atoms with Crippen LogP contribution in [0.1, 0.15) is 34.1 Å². The van der Waals surface area contributed by atoms with Gasteiger partial charge in [-0.25, -0.2) is 0 Å². The van der Waals surface area contributed by atoms with Gasteiger partial charge in [0, 0.05) is 0 Å². The molecule has 0 heterocycles. The summed E-state index contributed by atoms with van der Waals surface area (Å²) in [5.74, 6) is -0.291. The van der Waals surface area contributed by atoms with Crippen molar-refractivity contribution >= 4 is 11.8 Å². The third-order valence-electron chi connectivity index (χ3n) is 1.65. The first-order valence-corrected chi connectivity index (χ1v) is 4.12. The first-order chi connectivity index (χ1) is 5.43. The van der Waals surface area contributed by atoms with Gasteiger partial charge < -0.3 is 4.74 Å². The van der Waals surface area contributed by atoms with Crippen LogP contribution in [0.4, 0.5) is 0 Å². The number of carbonyl (C=O) groups is 2. The van der Waals surface area contributed by atoms with Crippen LogP contribution in [0.5, 0.6) is 0 Å². The number of ether oxygens (including phenoxy) is 1. The second-order valence-corrected chi connectivity index (χ2v) is 3.32. The van der Waals surface area contributed by atoms with Crippen molar-refractivity contribution in [1.82, 2.24) is 0 Å². The maximum atomic E-state index is 10.9. The lowest BCUT2D eigenvalue weighted by atomic mass is 10.1. The number of hydrogen-bond donors (Lipinski definition) is 0. The SMILES string of the molecule is CC(=O)CC(=O)OC(C)C(C)C. The molecule has 0 aliphatic rings. The van der Waals surface area contributed by atoms with Crippen molar-refractivity contribution in [2.45, 2.75) is 40.2 Å². The summed E-state index contributed by atoms with van der Waals surface area (Å²) in [6.45, 7) is 7.13. The molecule has 0 spiro atoms.